The summed E-state index contributed by atoms with van der Waals surface area (Å²) < 4.78 is 0. The Kier molecular flexibility index (Phi) is 4.80. The van der Waals surface area contributed by atoms with Crippen molar-refractivity contribution in [3.8, 4) is 0 Å². The van der Waals surface area contributed by atoms with Crippen LogP contribution < -0.4 is 5.32 Å². The smallest absolute Gasteiger partial charge is 0.257 e. The van der Waals surface area contributed by atoms with E-state index in [-0.39, 0.29) is 5.91 Å². The van der Waals surface area contributed by atoms with Crippen LogP contribution in [0.25, 0.3) is 0 Å². The maximum atomic E-state index is 12.1. The fourth-order valence-corrected chi connectivity index (χ4v) is 2.38. The van der Waals surface area contributed by atoms with Crippen LogP contribution in [0.4, 0.5) is 5.69 Å². The van der Waals surface area contributed by atoms with Crippen molar-refractivity contribution in [3.05, 3.63) is 53.1 Å². The van der Waals surface area contributed by atoms with E-state index < -0.39 is 0 Å². The first-order valence-electron chi connectivity index (χ1n) is 5.54. The van der Waals surface area contributed by atoms with Gasteiger partial charge in [-0.2, -0.15) is 0 Å². The molecule has 0 fully saturated rings. The van der Waals surface area contributed by atoms with E-state index in [1.165, 1.54) is 0 Å². The number of benzene rings is 2. The van der Waals surface area contributed by atoms with Crippen LogP contribution in [0, 0.1) is 0 Å². The highest BCUT2D eigenvalue weighted by Crippen LogP contribution is 2.22. The van der Waals surface area contributed by atoms with Gasteiger partial charge in [0.05, 0.1) is 10.6 Å². The molecule has 0 bridgehead atoms. The summed E-state index contributed by atoms with van der Waals surface area (Å²) in [6.45, 7) is 0. The number of carbonyl (C=O) groups is 1. The molecule has 0 aliphatic heterocycles. The number of thiol groups is 1. The Bertz CT molecular complexity index is 599. The fourth-order valence-electron chi connectivity index (χ4n) is 1.56. The van der Waals surface area contributed by atoms with Crippen molar-refractivity contribution in [1.29, 1.82) is 0 Å². The number of amides is 1. The normalized spacial score (nSPS) is 10.3. The maximum absolute atomic E-state index is 12.1. The molecule has 98 valence electrons. The Labute approximate surface area is 127 Å². The summed E-state index contributed by atoms with van der Waals surface area (Å²) in [5.41, 5.74) is 1.16. The van der Waals surface area contributed by atoms with E-state index in [0.29, 0.717) is 15.5 Å². The number of anilines is 1. The summed E-state index contributed by atoms with van der Waals surface area (Å²) in [5, 5.41) is 3.22. The zero-order chi connectivity index (χ0) is 13.8. The first-order chi connectivity index (χ1) is 9.10. The third kappa shape index (κ3) is 3.69. The first kappa shape index (κ1) is 14.3. The monoisotopic (exact) mass is 309 g/mol. The average Bonchev–Trinajstić information content (AvgIpc) is 2.42. The van der Waals surface area contributed by atoms with Gasteiger partial charge in [-0.1, -0.05) is 11.6 Å². The Morgan fingerprint density at radius 3 is 2.53 bits per heavy atom. The second kappa shape index (κ2) is 6.37. The first-order valence-corrected chi connectivity index (χ1v) is 7.59. The van der Waals surface area contributed by atoms with Crippen molar-refractivity contribution in [2.24, 2.45) is 0 Å². The highest BCUT2D eigenvalue weighted by atomic mass is 35.5. The van der Waals surface area contributed by atoms with Gasteiger partial charge in [0.15, 0.2) is 0 Å². The van der Waals surface area contributed by atoms with Crippen LogP contribution >= 0.6 is 36.0 Å². The number of hydrogen-bond donors (Lipinski definition) is 2. The molecule has 0 aliphatic carbocycles. The van der Waals surface area contributed by atoms with E-state index in [2.05, 4.69) is 17.9 Å². The minimum absolute atomic E-state index is 0.238. The summed E-state index contributed by atoms with van der Waals surface area (Å²) in [5.74, 6) is -0.238. The van der Waals surface area contributed by atoms with Gasteiger partial charge < -0.3 is 5.32 Å². The van der Waals surface area contributed by atoms with Crippen molar-refractivity contribution in [2.45, 2.75) is 9.79 Å². The van der Waals surface area contributed by atoms with Crippen LogP contribution in [-0.4, -0.2) is 12.2 Å². The second-order valence-electron chi connectivity index (χ2n) is 3.85. The van der Waals surface area contributed by atoms with Gasteiger partial charge in [0.25, 0.3) is 5.91 Å². The number of nitrogens with one attached hydrogen (secondary N) is 1. The van der Waals surface area contributed by atoms with Crippen molar-refractivity contribution >= 4 is 47.6 Å². The molecule has 2 aromatic rings. The van der Waals surface area contributed by atoms with E-state index in [0.717, 1.165) is 10.6 Å². The largest absolute Gasteiger partial charge is 0.322 e. The Balaban J connectivity index is 2.18. The van der Waals surface area contributed by atoms with E-state index in [1.54, 1.807) is 30.0 Å². The zero-order valence-electron chi connectivity index (χ0n) is 10.2. The Hall–Kier alpha value is -1.10. The van der Waals surface area contributed by atoms with Gasteiger partial charge in [0, 0.05) is 15.5 Å². The van der Waals surface area contributed by atoms with Crippen LogP contribution in [0.2, 0.25) is 5.02 Å². The maximum Gasteiger partial charge on any atom is 0.257 e. The third-order valence-corrected chi connectivity index (χ3v) is 3.89. The molecule has 0 heterocycles. The standard InChI is InChI=1S/C14H12ClNOS2/c1-19-11-5-2-9(3-6-11)16-14(17)12-8-10(18)4-7-13(12)15/h2-8,18H,1H3,(H,16,17). The lowest BCUT2D eigenvalue weighted by Crippen LogP contribution is -2.12. The predicted molar refractivity (Wildman–Crippen MR) is 84.9 cm³/mol. The summed E-state index contributed by atoms with van der Waals surface area (Å²) in [6, 6.07) is 12.7. The topological polar surface area (TPSA) is 29.1 Å². The lowest BCUT2D eigenvalue weighted by Gasteiger charge is -2.08. The number of carbonyl (C=O) groups excluding carboxylic acids is 1. The molecule has 0 aromatic heterocycles. The van der Waals surface area contributed by atoms with Gasteiger partial charge in [-0.15, -0.1) is 24.4 Å². The fraction of sp³-hybridized carbons (Fsp3) is 0.0714. The summed E-state index contributed by atoms with van der Waals surface area (Å²) in [4.78, 5) is 14.0. The third-order valence-electron chi connectivity index (χ3n) is 2.54. The predicted octanol–water partition coefficient (Wildman–Crippen LogP) is 4.60. The van der Waals surface area contributed by atoms with Gasteiger partial charge >= 0.3 is 0 Å². The molecular formula is C14H12ClNOS2. The van der Waals surface area contributed by atoms with Gasteiger partial charge in [-0.05, 0) is 48.7 Å². The number of hydrogen-bond acceptors (Lipinski definition) is 3. The van der Waals surface area contributed by atoms with Crippen LogP contribution in [0.5, 0.6) is 0 Å². The van der Waals surface area contributed by atoms with Crippen LogP contribution in [0.15, 0.2) is 52.3 Å². The minimum atomic E-state index is -0.238. The number of rotatable bonds is 3. The van der Waals surface area contributed by atoms with Gasteiger partial charge in [0.2, 0.25) is 0 Å². The van der Waals surface area contributed by atoms with Crippen molar-refractivity contribution in [1.82, 2.24) is 0 Å². The second-order valence-corrected chi connectivity index (χ2v) is 5.65. The van der Waals surface area contributed by atoms with Gasteiger partial charge in [-0.25, -0.2) is 0 Å². The average molecular weight is 310 g/mol. The molecule has 1 amide bonds. The Morgan fingerprint density at radius 1 is 1.21 bits per heavy atom. The zero-order valence-corrected chi connectivity index (χ0v) is 12.6. The number of thioether (sulfide) groups is 1. The van der Waals surface area contributed by atoms with Crippen molar-refractivity contribution in [3.63, 3.8) is 0 Å². The molecule has 0 radical (unpaired) electrons. The molecule has 1 N–H and O–H groups in total. The summed E-state index contributed by atoms with van der Waals surface area (Å²) in [6.07, 6.45) is 2.01. The molecule has 0 saturated heterocycles. The summed E-state index contributed by atoms with van der Waals surface area (Å²) >= 11 is 11.9. The van der Waals surface area contributed by atoms with E-state index >= 15 is 0 Å². The molecule has 2 rings (SSSR count). The Morgan fingerprint density at radius 2 is 1.89 bits per heavy atom. The highest BCUT2D eigenvalue weighted by Gasteiger charge is 2.10. The van der Waals surface area contributed by atoms with Gasteiger partial charge in [0.1, 0.15) is 0 Å². The molecule has 19 heavy (non-hydrogen) atoms. The molecule has 0 unspecified atom stereocenters. The molecule has 2 aromatic carbocycles. The van der Waals surface area contributed by atoms with Crippen LogP contribution in [0.1, 0.15) is 10.4 Å². The van der Waals surface area contributed by atoms with Crippen LogP contribution in [-0.2, 0) is 0 Å². The quantitative estimate of drug-likeness (QED) is 0.641. The van der Waals surface area contributed by atoms with Gasteiger partial charge in [-0.3, -0.25) is 4.79 Å². The molecule has 0 saturated carbocycles. The summed E-state index contributed by atoms with van der Waals surface area (Å²) in [7, 11) is 0. The molecule has 0 aliphatic rings. The molecule has 0 spiro atoms. The molecule has 5 heteroatoms. The van der Waals surface area contributed by atoms with E-state index in [9.17, 15) is 4.79 Å². The highest BCUT2D eigenvalue weighted by molar-refractivity contribution is 7.98. The lowest BCUT2D eigenvalue weighted by molar-refractivity contribution is 0.102. The van der Waals surface area contributed by atoms with E-state index in [4.69, 9.17) is 11.6 Å². The van der Waals surface area contributed by atoms with Crippen LogP contribution in [0.3, 0.4) is 0 Å². The number of halogens is 1. The lowest BCUT2D eigenvalue weighted by atomic mass is 10.2. The molecular weight excluding hydrogens is 298 g/mol. The minimum Gasteiger partial charge on any atom is -0.322 e. The SMILES string of the molecule is CSc1ccc(NC(=O)c2cc(S)ccc2Cl)cc1. The molecule has 0 atom stereocenters. The van der Waals surface area contributed by atoms with Crippen molar-refractivity contribution < 1.29 is 4.79 Å². The van der Waals surface area contributed by atoms with Crippen molar-refractivity contribution in [2.75, 3.05) is 11.6 Å². The van der Waals surface area contributed by atoms with E-state index in [1.807, 2.05) is 30.5 Å². The molecule has 2 nitrogen and oxygen atoms in total.